The molecule has 1 fully saturated rings. The number of ether oxygens (including phenoxy) is 4. The Bertz CT molecular complexity index is 500. The first-order valence-electron chi connectivity index (χ1n) is 8.55. The van der Waals surface area contributed by atoms with Crippen LogP contribution in [0.15, 0.2) is 12.1 Å². The molecular weight excluding hydrogens is 308 g/mol. The molecule has 1 aromatic carbocycles. The van der Waals surface area contributed by atoms with Crippen molar-refractivity contribution < 1.29 is 18.9 Å². The van der Waals surface area contributed by atoms with Crippen molar-refractivity contribution in [2.75, 3.05) is 53.3 Å². The van der Waals surface area contributed by atoms with E-state index in [-0.39, 0.29) is 6.29 Å². The monoisotopic (exact) mass is 338 g/mol. The highest BCUT2D eigenvalue weighted by Crippen LogP contribution is 2.36. The maximum Gasteiger partial charge on any atom is 0.166 e. The third kappa shape index (κ3) is 5.00. The molecule has 1 heterocycles. The summed E-state index contributed by atoms with van der Waals surface area (Å²) in [5.41, 5.74) is 7.68. The van der Waals surface area contributed by atoms with Gasteiger partial charge in [-0.05, 0) is 38.1 Å². The average molecular weight is 338 g/mol. The predicted molar refractivity (Wildman–Crippen MR) is 94.7 cm³/mol. The lowest BCUT2D eigenvalue weighted by atomic mass is 10.1. The van der Waals surface area contributed by atoms with Crippen molar-refractivity contribution >= 4 is 5.69 Å². The average Bonchev–Trinajstić information content (AvgIpc) is 2.62. The van der Waals surface area contributed by atoms with Crippen LogP contribution in [-0.2, 0) is 15.9 Å². The second-order valence-corrected chi connectivity index (χ2v) is 6.02. The van der Waals surface area contributed by atoms with E-state index in [0.717, 1.165) is 25.2 Å². The van der Waals surface area contributed by atoms with Gasteiger partial charge in [-0.3, -0.25) is 4.90 Å². The summed E-state index contributed by atoms with van der Waals surface area (Å²) < 4.78 is 22.1. The first-order valence-corrected chi connectivity index (χ1v) is 8.55. The number of anilines is 1. The highest BCUT2D eigenvalue weighted by molar-refractivity contribution is 5.60. The molecule has 1 aliphatic heterocycles. The second kappa shape index (κ2) is 9.71. The maximum atomic E-state index is 6.16. The number of piperidine rings is 1. The Morgan fingerprint density at radius 2 is 1.79 bits per heavy atom. The third-order valence-electron chi connectivity index (χ3n) is 4.48. The summed E-state index contributed by atoms with van der Waals surface area (Å²) in [6.07, 6.45) is 4.02. The van der Waals surface area contributed by atoms with Gasteiger partial charge >= 0.3 is 0 Å². The molecule has 0 spiro atoms. The SMILES string of the molecule is COc1ccc(N)c(CC(OC)OC)c1OCCN1CCCCC1. The van der Waals surface area contributed by atoms with Crippen LogP contribution in [0.1, 0.15) is 24.8 Å². The van der Waals surface area contributed by atoms with E-state index in [2.05, 4.69) is 4.90 Å². The molecule has 136 valence electrons. The molecule has 1 aliphatic rings. The van der Waals surface area contributed by atoms with E-state index in [4.69, 9.17) is 24.7 Å². The molecule has 0 saturated carbocycles. The lowest BCUT2D eigenvalue weighted by molar-refractivity contribution is -0.100. The second-order valence-electron chi connectivity index (χ2n) is 6.02. The number of benzene rings is 1. The molecule has 0 radical (unpaired) electrons. The summed E-state index contributed by atoms with van der Waals surface area (Å²) in [5.74, 6) is 1.37. The Morgan fingerprint density at radius 3 is 2.42 bits per heavy atom. The summed E-state index contributed by atoms with van der Waals surface area (Å²) in [5, 5.41) is 0. The standard InChI is InChI=1S/C18H30N2O4/c1-21-16-8-7-15(19)14(13-17(22-2)23-3)18(16)24-12-11-20-9-5-4-6-10-20/h7-8,17H,4-6,9-13,19H2,1-3H3. The Hall–Kier alpha value is -1.50. The van der Waals surface area contributed by atoms with Crippen molar-refractivity contribution in [3.05, 3.63) is 17.7 Å². The minimum atomic E-state index is -0.371. The van der Waals surface area contributed by atoms with Crippen LogP contribution in [0.2, 0.25) is 0 Å². The molecule has 0 aromatic heterocycles. The van der Waals surface area contributed by atoms with Crippen LogP contribution in [0, 0.1) is 0 Å². The molecular formula is C18H30N2O4. The van der Waals surface area contributed by atoms with Gasteiger partial charge in [0.1, 0.15) is 6.61 Å². The van der Waals surface area contributed by atoms with Gasteiger partial charge in [0.05, 0.1) is 7.11 Å². The van der Waals surface area contributed by atoms with Gasteiger partial charge in [-0.15, -0.1) is 0 Å². The number of nitrogens with zero attached hydrogens (tertiary/aromatic N) is 1. The van der Waals surface area contributed by atoms with Crippen molar-refractivity contribution in [1.29, 1.82) is 0 Å². The molecule has 1 saturated heterocycles. The predicted octanol–water partition coefficient (Wildman–Crippen LogP) is 2.30. The summed E-state index contributed by atoms with van der Waals surface area (Å²) in [7, 11) is 4.86. The van der Waals surface area contributed by atoms with E-state index in [1.807, 2.05) is 12.1 Å². The minimum Gasteiger partial charge on any atom is -0.493 e. The number of nitrogens with two attached hydrogens (primary N) is 1. The normalized spacial score (nSPS) is 15.7. The van der Waals surface area contributed by atoms with Crippen molar-refractivity contribution in [1.82, 2.24) is 4.90 Å². The van der Waals surface area contributed by atoms with Crippen molar-refractivity contribution in [3.8, 4) is 11.5 Å². The maximum absolute atomic E-state index is 6.16. The fourth-order valence-electron chi connectivity index (χ4n) is 3.04. The first-order chi connectivity index (χ1) is 11.7. The lowest BCUT2D eigenvalue weighted by Crippen LogP contribution is -2.33. The van der Waals surface area contributed by atoms with Gasteiger partial charge in [0.15, 0.2) is 17.8 Å². The van der Waals surface area contributed by atoms with Crippen LogP contribution in [0.5, 0.6) is 11.5 Å². The molecule has 0 bridgehead atoms. The van der Waals surface area contributed by atoms with E-state index in [0.29, 0.717) is 30.2 Å². The van der Waals surface area contributed by atoms with Gasteiger partial charge in [-0.1, -0.05) is 6.42 Å². The van der Waals surface area contributed by atoms with Gasteiger partial charge < -0.3 is 24.7 Å². The zero-order valence-corrected chi connectivity index (χ0v) is 15.0. The number of methoxy groups -OCH3 is 3. The van der Waals surface area contributed by atoms with E-state index in [1.165, 1.54) is 19.3 Å². The van der Waals surface area contributed by atoms with E-state index < -0.39 is 0 Å². The molecule has 2 rings (SSSR count). The quantitative estimate of drug-likeness (QED) is 0.550. The largest absolute Gasteiger partial charge is 0.493 e. The zero-order chi connectivity index (χ0) is 17.4. The van der Waals surface area contributed by atoms with Gasteiger partial charge in [0.2, 0.25) is 0 Å². The Balaban J connectivity index is 2.08. The Kier molecular flexibility index (Phi) is 7.62. The van der Waals surface area contributed by atoms with Crippen LogP contribution in [0.4, 0.5) is 5.69 Å². The fraction of sp³-hybridized carbons (Fsp3) is 0.667. The molecule has 2 N–H and O–H groups in total. The molecule has 24 heavy (non-hydrogen) atoms. The van der Waals surface area contributed by atoms with E-state index in [9.17, 15) is 0 Å². The third-order valence-corrected chi connectivity index (χ3v) is 4.48. The molecule has 0 amide bonds. The zero-order valence-electron chi connectivity index (χ0n) is 15.0. The first kappa shape index (κ1) is 18.8. The smallest absolute Gasteiger partial charge is 0.166 e. The van der Waals surface area contributed by atoms with Gasteiger partial charge in [-0.25, -0.2) is 0 Å². The van der Waals surface area contributed by atoms with Crippen LogP contribution in [0.25, 0.3) is 0 Å². The Morgan fingerprint density at radius 1 is 1.08 bits per heavy atom. The molecule has 6 nitrogen and oxygen atoms in total. The summed E-state index contributed by atoms with van der Waals surface area (Å²) in [4.78, 5) is 2.44. The summed E-state index contributed by atoms with van der Waals surface area (Å²) >= 11 is 0. The van der Waals surface area contributed by atoms with Crippen LogP contribution in [0.3, 0.4) is 0 Å². The van der Waals surface area contributed by atoms with Gasteiger partial charge in [-0.2, -0.15) is 0 Å². The fourth-order valence-corrected chi connectivity index (χ4v) is 3.04. The van der Waals surface area contributed by atoms with Gasteiger partial charge in [0.25, 0.3) is 0 Å². The molecule has 0 aliphatic carbocycles. The van der Waals surface area contributed by atoms with Crippen molar-refractivity contribution in [2.24, 2.45) is 0 Å². The number of rotatable bonds is 9. The van der Waals surface area contributed by atoms with Crippen LogP contribution < -0.4 is 15.2 Å². The van der Waals surface area contributed by atoms with E-state index >= 15 is 0 Å². The highest BCUT2D eigenvalue weighted by atomic mass is 16.7. The minimum absolute atomic E-state index is 0.371. The number of nitrogen functional groups attached to an aromatic ring is 1. The summed E-state index contributed by atoms with van der Waals surface area (Å²) in [6.45, 7) is 3.83. The molecule has 1 aromatic rings. The summed E-state index contributed by atoms with van der Waals surface area (Å²) in [6, 6.07) is 3.66. The topological polar surface area (TPSA) is 66.2 Å². The Labute approximate surface area is 144 Å². The van der Waals surface area contributed by atoms with E-state index in [1.54, 1.807) is 21.3 Å². The highest BCUT2D eigenvalue weighted by Gasteiger charge is 2.19. The van der Waals surface area contributed by atoms with Crippen LogP contribution in [-0.4, -0.2) is 58.8 Å². The van der Waals surface area contributed by atoms with Crippen molar-refractivity contribution in [2.45, 2.75) is 32.0 Å². The van der Waals surface area contributed by atoms with Crippen LogP contribution >= 0.6 is 0 Å². The van der Waals surface area contributed by atoms with Crippen molar-refractivity contribution in [3.63, 3.8) is 0 Å². The molecule has 0 unspecified atom stereocenters. The number of hydrogen-bond acceptors (Lipinski definition) is 6. The number of hydrogen-bond donors (Lipinski definition) is 1. The molecule has 0 atom stereocenters. The lowest BCUT2D eigenvalue weighted by Gasteiger charge is -2.27. The van der Waals surface area contributed by atoms with Gasteiger partial charge in [0, 0.05) is 38.4 Å². The number of likely N-dealkylation sites (tertiary alicyclic amines) is 1. The molecule has 6 heteroatoms.